The number of hydrogen-bond donors (Lipinski definition) is 3. The third-order valence-electron chi connectivity index (χ3n) is 5.45. The van der Waals surface area contributed by atoms with Gasteiger partial charge in [0.25, 0.3) is 5.91 Å². The van der Waals surface area contributed by atoms with Crippen LogP contribution >= 0.6 is 12.1 Å². The molecule has 0 unspecified atom stereocenters. The van der Waals surface area contributed by atoms with Crippen molar-refractivity contribution in [3.63, 3.8) is 0 Å². The van der Waals surface area contributed by atoms with Crippen molar-refractivity contribution in [3.05, 3.63) is 53.0 Å². The van der Waals surface area contributed by atoms with Crippen LogP contribution in [0.25, 0.3) is 0 Å². The first-order valence-electron chi connectivity index (χ1n) is 10.7. The third-order valence-corrected chi connectivity index (χ3v) is 6.53. The molecule has 0 atom stereocenters. The zero-order chi connectivity index (χ0) is 22.7. The Morgan fingerprint density at radius 1 is 1.19 bits per heavy atom. The van der Waals surface area contributed by atoms with E-state index in [0.29, 0.717) is 23.0 Å². The predicted octanol–water partition coefficient (Wildman–Crippen LogP) is 1.91. The van der Waals surface area contributed by atoms with Gasteiger partial charge in [-0.25, -0.2) is 19.4 Å². The van der Waals surface area contributed by atoms with Crippen LogP contribution in [0.2, 0.25) is 0 Å². The maximum atomic E-state index is 12.8. The van der Waals surface area contributed by atoms with Gasteiger partial charge < -0.3 is 11.2 Å². The lowest BCUT2D eigenvalue weighted by molar-refractivity contribution is 0.102. The number of pyridine rings is 2. The summed E-state index contributed by atoms with van der Waals surface area (Å²) >= 11 is 1.79. The summed E-state index contributed by atoms with van der Waals surface area (Å²) in [7, 11) is 0. The van der Waals surface area contributed by atoms with Crippen LogP contribution in [0.1, 0.15) is 54.0 Å². The lowest BCUT2D eigenvalue weighted by Crippen LogP contribution is -2.44. The fraction of sp³-hybridized carbons (Fsp3) is 0.429. The van der Waals surface area contributed by atoms with E-state index in [2.05, 4.69) is 29.0 Å². The van der Waals surface area contributed by atoms with E-state index in [9.17, 15) is 4.79 Å². The van der Waals surface area contributed by atoms with E-state index >= 15 is 0 Å². The molecule has 0 aromatic carbocycles. The molecule has 32 heavy (non-hydrogen) atoms. The predicted molar refractivity (Wildman–Crippen MR) is 126 cm³/mol. The Labute approximate surface area is 192 Å². The Morgan fingerprint density at radius 2 is 1.94 bits per heavy atom. The first kappa shape index (κ1) is 22.5. The zero-order valence-electron chi connectivity index (χ0n) is 18.4. The van der Waals surface area contributed by atoms with E-state index < -0.39 is 0 Å². The van der Waals surface area contributed by atoms with Crippen molar-refractivity contribution in [1.82, 2.24) is 23.6 Å². The van der Waals surface area contributed by atoms with E-state index in [4.69, 9.17) is 11.7 Å². The van der Waals surface area contributed by atoms with Gasteiger partial charge in [0, 0.05) is 50.6 Å². The number of rotatable bonds is 6. The molecule has 0 bridgehead atoms. The number of nitrogens with two attached hydrogens (primary N) is 2. The summed E-state index contributed by atoms with van der Waals surface area (Å²) in [5.41, 5.74) is 3.12. The summed E-state index contributed by atoms with van der Waals surface area (Å²) in [4.78, 5) is 21.7. The zero-order valence-corrected chi connectivity index (χ0v) is 19.2. The Bertz CT molecular complexity index is 1010. The molecule has 0 radical (unpaired) electrons. The van der Waals surface area contributed by atoms with Gasteiger partial charge in [-0.2, -0.15) is 5.10 Å². The first-order chi connectivity index (χ1) is 15.4. The van der Waals surface area contributed by atoms with Gasteiger partial charge in [0.15, 0.2) is 5.84 Å². The Hall–Kier alpha value is -2.73. The first-order valence-corrected chi connectivity index (χ1v) is 11.4. The van der Waals surface area contributed by atoms with Crippen molar-refractivity contribution in [3.8, 4) is 0 Å². The van der Waals surface area contributed by atoms with E-state index in [1.165, 1.54) is 17.9 Å². The number of fused-ring (bicyclic) bond motifs is 1. The number of hydrazine groups is 1. The van der Waals surface area contributed by atoms with Crippen LogP contribution in [0.5, 0.6) is 0 Å². The van der Waals surface area contributed by atoms with E-state index in [-0.39, 0.29) is 11.9 Å². The monoisotopic (exact) mass is 455 g/mol. The van der Waals surface area contributed by atoms with E-state index in [1.807, 2.05) is 19.9 Å². The molecule has 1 saturated heterocycles. The molecule has 2 aromatic rings. The summed E-state index contributed by atoms with van der Waals surface area (Å²) in [6.45, 7) is 7.73. The summed E-state index contributed by atoms with van der Waals surface area (Å²) in [5.74, 6) is 12.0. The minimum absolute atomic E-state index is 0.0174. The van der Waals surface area contributed by atoms with Crippen molar-refractivity contribution >= 4 is 29.7 Å². The van der Waals surface area contributed by atoms with Gasteiger partial charge in [0.2, 0.25) is 0 Å². The van der Waals surface area contributed by atoms with Gasteiger partial charge in [0.1, 0.15) is 17.2 Å². The Morgan fingerprint density at radius 3 is 2.66 bits per heavy atom. The normalized spacial score (nSPS) is 17.1. The summed E-state index contributed by atoms with van der Waals surface area (Å²) in [6, 6.07) is 7.06. The molecular weight excluding hydrogens is 426 g/mol. The third kappa shape index (κ3) is 5.01. The molecular formula is C21H29N9OS. The molecule has 4 rings (SSSR count). The smallest absolute Gasteiger partial charge is 0.275 e. The standard InChI is InChI=1S/C21H29N9OS/c1-14(2)30(23)20(27-22)17-6-5-7-19(25-17)26-21(31)18-10-15-12-29(13-16(15)11-24-18)32-28-8-3-4-9-28/h5-7,10-11,14H,3-4,8-9,12-13,22-23H2,1-2H3,(H,25,26,31)/b27-20-. The van der Waals surface area contributed by atoms with Crippen LogP contribution in [-0.4, -0.2) is 54.5 Å². The number of nitrogens with one attached hydrogen (secondary N) is 1. The van der Waals surface area contributed by atoms with Crippen LogP contribution in [0, 0.1) is 0 Å². The number of amides is 1. The molecule has 1 fully saturated rings. The van der Waals surface area contributed by atoms with Gasteiger partial charge in [-0.3, -0.25) is 14.8 Å². The number of carbonyl (C=O) groups is 1. The number of carbonyl (C=O) groups excluding carboxylic acids is 1. The number of aromatic nitrogens is 2. The topological polar surface area (TPSA) is 129 Å². The number of amidine groups is 1. The van der Waals surface area contributed by atoms with Crippen molar-refractivity contribution in [2.24, 2.45) is 16.8 Å². The molecule has 0 saturated carbocycles. The fourth-order valence-corrected chi connectivity index (χ4v) is 4.83. The SMILES string of the molecule is CC(C)N(N)/C(=N\N)c1cccc(NC(=O)c2cc3c(cn2)CN(SN2CCCC2)C3)n1. The molecule has 0 aliphatic carbocycles. The number of nitrogens with zero attached hydrogens (tertiary/aromatic N) is 6. The molecule has 2 aromatic heterocycles. The maximum absolute atomic E-state index is 12.8. The Balaban J connectivity index is 1.43. The number of hydrogen-bond acceptors (Lipinski definition) is 9. The second kappa shape index (κ2) is 9.82. The van der Waals surface area contributed by atoms with Crippen LogP contribution in [0.4, 0.5) is 5.82 Å². The minimum Gasteiger partial charge on any atom is -0.321 e. The maximum Gasteiger partial charge on any atom is 0.275 e. The van der Waals surface area contributed by atoms with E-state index in [0.717, 1.165) is 37.3 Å². The summed E-state index contributed by atoms with van der Waals surface area (Å²) in [6.07, 6.45) is 4.31. The molecule has 2 aliphatic heterocycles. The van der Waals surface area contributed by atoms with Gasteiger partial charge in [-0.1, -0.05) is 6.07 Å². The molecule has 1 amide bonds. The van der Waals surface area contributed by atoms with Crippen LogP contribution in [0.15, 0.2) is 35.6 Å². The van der Waals surface area contributed by atoms with Gasteiger partial charge in [-0.05, 0) is 56.0 Å². The highest BCUT2D eigenvalue weighted by Gasteiger charge is 2.25. The van der Waals surface area contributed by atoms with Gasteiger partial charge in [0.05, 0.1) is 0 Å². The highest BCUT2D eigenvalue weighted by atomic mass is 32.2. The van der Waals surface area contributed by atoms with Crippen molar-refractivity contribution in [2.75, 3.05) is 18.4 Å². The van der Waals surface area contributed by atoms with Crippen LogP contribution in [-0.2, 0) is 13.1 Å². The van der Waals surface area contributed by atoms with Crippen LogP contribution < -0.4 is 17.0 Å². The molecule has 4 heterocycles. The minimum atomic E-state index is -0.317. The Kier molecular flexibility index (Phi) is 6.89. The molecule has 5 N–H and O–H groups in total. The molecule has 2 aliphatic rings. The molecule has 11 heteroatoms. The van der Waals surface area contributed by atoms with E-state index in [1.54, 1.807) is 36.5 Å². The molecule has 0 spiro atoms. The van der Waals surface area contributed by atoms with Crippen molar-refractivity contribution < 1.29 is 4.79 Å². The van der Waals surface area contributed by atoms with Crippen molar-refractivity contribution in [2.45, 2.75) is 45.8 Å². The summed E-state index contributed by atoms with van der Waals surface area (Å²) in [5, 5.41) is 8.01. The highest BCUT2D eigenvalue weighted by molar-refractivity contribution is 7.94. The lowest BCUT2D eigenvalue weighted by Gasteiger charge is -2.23. The van der Waals surface area contributed by atoms with Crippen molar-refractivity contribution in [1.29, 1.82) is 0 Å². The van der Waals surface area contributed by atoms with Gasteiger partial charge in [-0.15, -0.1) is 0 Å². The largest absolute Gasteiger partial charge is 0.321 e. The molecule has 170 valence electrons. The second-order valence-electron chi connectivity index (χ2n) is 8.17. The summed E-state index contributed by atoms with van der Waals surface area (Å²) < 4.78 is 4.71. The fourth-order valence-electron chi connectivity index (χ4n) is 3.68. The highest BCUT2D eigenvalue weighted by Crippen LogP contribution is 2.31. The molecule has 10 nitrogen and oxygen atoms in total. The number of anilines is 1. The quantitative estimate of drug-likeness (QED) is 0.197. The average Bonchev–Trinajstić information content (AvgIpc) is 3.43. The second-order valence-corrected chi connectivity index (χ2v) is 9.37. The lowest BCUT2D eigenvalue weighted by atomic mass is 10.1. The average molecular weight is 456 g/mol. The van der Waals surface area contributed by atoms with Gasteiger partial charge >= 0.3 is 0 Å². The van der Waals surface area contributed by atoms with Crippen LogP contribution in [0.3, 0.4) is 0 Å². The number of hydrazone groups is 1.